The second-order valence-corrected chi connectivity index (χ2v) is 5.80. The molecule has 118 valence electrons. The number of ether oxygens (including phenoxy) is 1. The van der Waals surface area contributed by atoms with Crippen molar-refractivity contribution in [3.8, 4) is 11.5 Å². The molecule has 1 aliphatic carbocycles. The number of hydrogen-bond acceptors (Lipinski definition) is 3. The summed E-state index contributed by atoms with van der Waals surface area (Å²) in [6, 6.07) is 13.8. The third-order valence-electron chi connectivity index (χ3n) is 3.93. The number of amides is 2. The van der Waals surface area contributed by atoms with Crippen LogP contribution in [0.1, 0.15) is 23.7 Å². The lowest BCUT2D eigenvalue weighted by atomic mass is 10.2. The molecule has 5 nitrogen and oxygen atoms in total. The van der Waals surface area contributed by atoms with E-state index in [2.05, 4.69) is 12.2 Å². The molecule has 2 aromatic rings. The molecule has 3 N–H and O–H groups in total. The monoisotopic (exact) mass is 310 g/mol. The van der Waals surface area contributed by atoms with Crippen LogP contribution >= 0.6 is 0 Å². The molecule has 1 aliphatic rings. The number of benzene rings is 2. The van der Waals surface area contributed by atoms with Gasteiger partial charge in [-0.25, -0.2) is 0 Å². The molecule has 0 bridgehead atoms. The summed E-state index contributed by atoms with van der Waals surface area (Å²) in [4.78, 5) is 23.4. The van der Waals surface area contributed by atoms with Gasteiger partial charge in [0.15, 0.2) is 0 Å². The molecule has 1 saturated carbocycles. The van der Waals surface area contributed by atoms with Crippen LogP contribution in [0.25, 0.3) is 0 Å². The van der Waals surface area contributed by atoms with Crippen LogP contribution in [0.2, 0.25) is 0 Å². The molecule has 0 aromatic heterocycles. The number of carbonyl (C=O) groups excluding carboxylic acids is 2. The Morgan fingerprint density at radius 2 is 1.91 bits per heavy atom. The van der Waals surface area contributed by atoms with E-state index in [0.29, 0.717) is 28.7 Å². The standard InChI is InChI=1S/C18H18N2O3/c1-11-9-15(11)18(22)20-12-5-4-6-13(10-12)23-16-8-3-2-7-14(16)17(19)21/h2-8,10-11,15H,9H2,1H3,(H2,19,21)(H,20,22)/t11-,15-/m0/s1. The van der Waals surface area contributed by atoms with Gasteiger partial charge in [-0.3, -0.25) is 9.59 Å². The summed E-state index contributed by atoms with van der Waals surface area (Å²) in [5.41, 5.74) is 6.32. The molecular formula is C18H18N2O3. The topological polar surface area (TPSA) is 81.4 Å². The highest BCUT2D eigenvalue weighted by Gasteiger charge is 2.39. The van der Waals surface area contributed by atoms with E-state index < -0.39 is 5.91 Å². The normalized spacial score (nSPS) is 19.0. The summed E-state index contributed by atoms with van der Waals surface area (Å²) >= 11 is 0. The largest absolute Gasteiger partial charge is 0.456 e. The number of nitrogens with two attached hydrogens (primary N) is 1. The van der Waals surface area contributed by atoms with E-state index in [1.54, 1.807) is 48.5 Å². The van der Waals surface area contributed by atoms with Gasteiger partial charge in [0.05, 0.1) is 5.56 Å². The van der Waals surface area contributed by atoms with E-state index in [4.69, 9.17) is 10.5 Å². The fourth-order valence-corrected chi connectivity index (χ4v) is 2.45. The maximum absolute atomic E-state index is 12.0. The molecule has 0 aliphatic heterocycles. The van der Waals surface area contributed by atoms with Crippen molar-refractivity contribution in [3.63, 3.8) is 0 Å². The number of anilines is 1. The molecular weight excluding hydrogens is 292 g/mol. The van der Waals surface area contributed by atoms with E-state index >= 15 is 0 Å². The van der Waals surface area contributed by atoms with E-state index in [1.807, 2.05) is 0 Å². The van der Waals surface area contributed by atoms with Crippen LogP contribution in [0.5, 0.6) is 11.5 Å². The molecule has 1 fully saturated rings. The molecule has 3 rings (SSSR count). The van der Waals surface area contributed by atoms with Gasteiger partial charge in [-0.2, -0.15) is 0 Å². The first kappa shape index (κ1) is 15.1. The molecule has 23 heavy (non-hydrogen) atoms. The Labute approximate surface area is 134 Å². The number of carbonyl (C=O) groups is 2. The van der Waals surface area contributed by atoms with Crippen LogP contribution in [0.15, 0.2) is 48.5 Å². The van der Waals surface area contributed by atoms with Crippen molar-refractivity contribution in [2.45, 2.75) is 13.3 Å². The third kappa shape index (κ3) is 3.51. The Kier molecular flexibility index (Phi) is 4.02. The Balaban J connectivity index is 1.75. The molecule has 0 spiro atoms. The highest BCUT2D eigenvalue weighted by Crippen LogP contribution is 2.38. The molecule has 0 saturated heterocycles. The van der Waals surface area contributed by atoms with Gasteiger partial charge in [-0.05, 0) is 36.6 Å². The summed E-state index contributed by atoms with van der Waals surface area (Å²) in [5, 5.41) is 2.89. The van der Waals surface area contributed by atoms with Gasteiger partial charge in [0.2, 0.25) is 5.91 Å². The minimum absolute atomic E-state index is 0.0344. The summed E-state index contributed by atoms with van der Waals surface area (Å²) < 4.78 is 5.74. The third-order valence-corrected chi connectivity index (χ3v) is 3.93. The van der Waals surface area contributed by atoms with Crippen LogP contribution in [0, 0.1) is 11.8 Å². The van der Waals surface area contributed by atoms with Gasteiger partial charge in [-0.15, -0.1) is 0 Å². The zero-order valence-electron chi connectivity index (χ0n) is 12.8. The lowest BCUT2D eigenvalue weighted by Crippen LogP contribution is -2.14. The fraction of sp³-hybridized carbons (Fsp3) is 0.222. The van der Waals surface area contributed by atoms with Crippen molar-refractivity contribution in [1.29, 1.82) is 0 Å². The van der Waals surface area contributed by atoms with Crippen molar-refractivity contribution < 1.29 is 14.3 Å². The maximum atomic E-state index is 12.0. The number of para-hydroxylation sites is 1. The van der Waals surface area contributed by atoms with Crippen molar-refractivity contribution in [3.05, 3.63) is 54.1 Å². The van der Waals surface area contributed by atoms with Crippen LogP contribution in [-0.2, 0) is 4.79 Å². The van der Waals surface area contributed by atoms with Gasteiger partial charge in [0, 0.05) is 17.7 Å². The Morgan fingerprint density at radius 1 is 1.17 bits per heavy atom. The first-order chi connectivity index (χ1) is 11.0. The van der Waals surface area contributed by atoms with Crippen molar-refractivity contribution >= 4 is 17.5 Å². The smallest absolute Gasteiger partial charge is 0.252 e. The lowest BCUT2D eigenvalue weighted by Gasteiger charge is -2.11. The first-order valence-electron chi connectivity index (χ1n) is 7.52. The summed E-state index contributed by atoms with van der Waals surface area (Å²) in [5.74, 6) is 0.964. The van der Waals surface area contributed by atoms with Gasteiger partial charge in [0.25, 0.3) is 5.91 Å². The molecule has 2 atom stereocenters. The number of primary amides is 1. The van der Waals surface area contributed by atoms with Gasteiger partial charge in [-0.1, -0.05) is 25.1 Å². The van der Waals surface area contributed by atoms with E-state index in [-0.39, 0.29) is 11.8 Å². The molecule has 0 radical (unpaired) electrons. The van der Waals surface area contributed by atoms with Gasteiger partial charge in [0.1, 0.15) is 11.5 Å². The van der Waals surface area contributed by atoms with E-state index in [0.717, 1.165) is 6.42 Å². The first-order valence-corrected chi connectivity index (χ1v) is 7.52. The lowest BCUT2D eigenvalue weighted by molar-refractivity contribution is -0.117. The Morgan fingerprint density at radius 3 is 2.61 bits per heavy atom. The Hall–Kier alpha value is -2.82. The Bertz CT molecular complexity index is 757. The average Bonchev–Trinajstić information content (AvgIpc) is 3.25. The predicted molar refractivity (Wildman–Crippen MR) is 87.4 cm³/mol. The number of nitrogens with one attached hydrogen (secondary N) is 1. The molecule has 0 heterocycles. The second-order valence-electron chi connectivity index (χ2n) is 5.80. The van der Waals surface area contributed by atoms with Crippen molar-refractivity contribution in [1.82, 2.24) is 0 Å². The van der Waals surface area contributed by atoms with Gasteiger partial charge < -0.3 is 15.8 Å². The van der Waals surface area contributed by atoms with Crippen LogP contribution < -0.4 is 15.8 Å². The maximum Gasteiger partial charge on any atom is 0.252 e. The molecule has 2 aromatic carbocycles. The summed E-state index contributed by atoms with van der Waals surface area (Å²) in [6.07, 6.45) is 0.939. The fourth-order valence-electron chi connectivity index (χ4n) is 2.45. The highest BCUT2D eigenvalue weighted by molar-refractivity contribution is 5.96. The minimum atomic E-state index is -0.548. The van der Waals surface area contributed by atoms with Crippen LogP contribution in [0.4, 0.5) is 5.69 Å². The summed E-state index contributed by atoms with van der Waals surface area (Å²) in [7, 11) is 0. The zero-order chi connectivity index (χ0) is 16.4. The minimum Gasteiger partial charge on any atom is -0.456 e. The molecule has 0 unspecified atom stereocenters. The second kappa shape index (κ2) is 6.12. The predicted octanol–water partition coefficient (Wildman–Crippen LogP) is 3.17. The van der Waals surface area contributed by atoms with Crippen molar-refractivity contribution in [2.24, 2.45) is 17.6 Å². The van der Waals surface area contributed by atoms with Crippen molar-refractivity contribution in [2.75, 3.05) is 5.32 Å². The highest BCUT2D eigenvalue weighted by atomic mass is 16.5. The zero-order valence-corrected chi connectivity index (χ0v) is 12.8. The number of hydrogen-bond donors (Lipinski definition) is 2. The van der Waals surface area contributed by atoms with E-state index in [1.165, 1.54) is 0 Å². The molecule has 5 heteroatoms. The SMILES string of the molecule is C[C@H]1C[C@@H]1C(=O)Nc1cccc(Oc2ccccc2C(N)=O)c1. The van der Waals surface area contributed by atoms with Crippen LogP contribution in [-0.4, -0.2) is 11.8 Å². The quantitative estimate of drug-likeness (QED) is 0.890. The molecule has 2 amide bonds. The average molecular weight is 310 g/mol. The van der Waals surface area contributed by atoms with E-state index in [9.17, 15) is 9.59 Å². The summed E-state index contributed by atoms with van der Waals surface area (Å²) in [6.45, 7) is 2.06. The number of rotatable bonds is 5. The van der Waals surface area contributed by atoms with Crippen LogP contribution in [0.3, 0.4) is 0 Å². The van der Waals surface area contributed by atoms with Gasteiger partial charge >= 0.3 is 0 Å².